The number of nitrogens with zero attached hydrogens (tertiary/aromatic N) is 1. The molecule has 1 aliphatic carbocycles. The Kier molecular flexibility index (Phi) is 5.44. The second-order valence-corrected chi connectivity index (χ2v) is 7.25. The molecule has 140 valence electrons. The van der Waals surface area contributed by atoms with Crippen LogP contribution in [0.25, 0.3) is 0 Å². The van der Waals surface area contributed by atoms with Crippen molar-refractivity contribution in [3.05, 3.63) is 48.6 Å². The van der Waals surface area contributed by atoms with Crippen molar-refractivity contribution < 1.29 is 19.8 Å². The molecule has 1 aromatic carbocycles. The standard InChI is InChI=1S/C20H26N2O4/c1-2-18(25)22-10-8-20(9-11-22,14-6-4-3-5-7-14)19(26)21-15-12-16(23)17(24)13-15/h2-7,15-17,23-24H,1,8-13H2,(H,21,26)/t15?,16-,17+. The van der Waals surface area contributed by atoms with Gasteiger partial charge in [-0.2, -0.15) is 0 Å². The number of amides is 2. The molecule has 1 aliphatic heterocycles. The molecule has 1 saturated heterocycles. The number of rotatable bonds is 4. The first-order valence-corrected chi connectivity index (χ1v) is 9.10. The van der Waals surface area contributed by atoms with Gasteiger partial charge in [-0.3, -0.25) is 9.59 Å². The summed E-state index contributed by atoms with van der Waals surface area (Å²) in [4.78, 5) is 26.8. The zero-order valence-corrected chi connectivity index (χ0v) is 14.8. The maximum atomic E-state index is 13.2. The molecule has 0 radical (unpaired) electrons. The van der Waals surface area contributed by atoms with E-state index in [4.69, 9.17) is 0 Å². The Morgan fingerprint density at radius 3 is 2.23 bits per heavy atom. The zero-order chi connectivity index (χ0) is 18.7. The first kappa shape index (κ1) is 18.6. The number of hydrogen-bond acceptors (Lipinski definition) is 4. The van der Waals surface area contributed by atoms with Crippen LogP contribution in [0.4, 0.5) is 0 Å². The maximum Gasteiger partial charge on any atom is 0.245 e. The van der Waals surface area contributed by atoms with Gasteiger partial charge in [0.15, 0.2) is 0 Å². The summed E-state index contributed by atoms with van der Waals surface area (Å²) in [6.07, 6.45) is 1.50. The van der Waals surface area contributed by atoms with Gasteiger partial charge in [-0.1, -0.05) is 36.9 Å². The molecule has 1 unspecified atom stereocenters. The highest BCUT2D eigenvalue weighted by atomic mass is 16.3. The monoisotopic (exact) mass is 358 g/mol. The number of carbonyl (C=O) groups excluding carboxylic acids is 2. The number of carbonyl (C=O) groups is 2. The summed E-state index contributed by atoms with van der Waals surface area (Å²) < 4.78 is 0. The van der Waals surface area contributed by atoms with Gasteiger partial charge in [-0.15, -0.1) is 0 Å². The van der Waals surface area contributed by atoms with Crippen molar-refractivity contribution in [3.8, 4) is 0 Å². The Hall–Kier alpha value is -2.18. The van der Waals surface area contributed by atoms with E-state index in [0.717, 1.165) is 5.56 Å². The van der Waals surface area contributed by atoms with Gasteiger partial charge in [0.25, 0.3) is 0 Å². The number of aliphatic hydroxyl groups is 2. The lowest BCUT2D eigenvalue weighted by atomic mass is 9.71. The number of piperidine rings is 1. The van der Waals surface area contributed by atoms with Crippen molar-refractivity contribution in [1.29, 1.82) is 0 Å². The molecule has 1 aromatic rings. The minimum absolute atomic E-state index is 0.0966. The topological polar surface area (TPSA) is 89.9 Å². The molecule has 2 aliphatic rings. The normalized spacial score (nSPS) is 27.8. The third-order valence-corrected chi connectivity index (χ3v) is 5.70. The Morgan fingerprint density at radius 1 is 1.12 bits per heavy atom. The quantitative estimate of drug-likeness (QED) is 0.693. The van der Waals surface area contributed by atoms with Crippen LogP contribution >= 0.6 is 0 Å². The van der Waals surface area contributed by atoms with E-state index in [1.807, 2.05) is 30.3 Å². The summed E-state index contributed by atoms with van der Waals surface area (Å²) in [6, 6.07) is 9.39. The van der Waals surface area contributed by atoms with Crippen molar-refractivity contribution in [2.75, 3.05) is 13.1 Å². The van der Waals surface area contributed by atoms with Gasteiger partial charge in [-0.25, -0.2) is 0 Å². The first-order valence-electron chi connectivity index (χ1n) is 9.10. The van der Waals surface area contributed by atoms with Crippen LogP contribution in [-0.2, 0) is 15.0 Å². The van der Waals surface area contributed by atoms with Crippen molar-refractivity contribution in [2.45, 2.75) is 49.3 Å². The molecule has 0 spiro atoms. The highest BCUT2D eigenvalue weighted by molar-refractivity contribution is 5.90. The molecule has 3 rings (SSSR count). The SMILES string of the molecule is C=CC(=O)N1CCC(C(=O)NC2C[C@@H](O)[C@@H](O)C2)(c2ccccc2)CC1. The van der Waals surface area contributed by atoms with Crippen LogP contribution < -0.4 is 5.32 Å². The molecule has 6 nitrogen and oxygen atoms in total. The second kappa shape index (κ2) is 7.60. The van der Waals surface area contributed by atoms with E-state index in [9.17, 15) is 19.8 Å². The number of likely N-dealkylation sites (tertiary alicyclic amines) is 1. The molecule has 0 bridgehead atoms. The van der Waals surface area contributed by atoms with Crippen LogP contribution in [-0.4, -0.2) is 58.3 Å². The molecule has 1 heterocycles. The van der Waals surface area contributed by atoms with Crippen LogP contribution in [0.2, 0.25) is 0 Å². The van der Waals surface area contributed by atoms with E-state index in [1.165, 1.54) is 6.08 Å². The fraction of sp³-hybridized carbons (Fsp3) is 0.500. The Morgan fingerprint density at radius 2 is 1.69 bits per heavy atom. The maximum absolute atomic E-state index is 13.2. The van der Waals surface area contributed by atoms with E-state index in [1.54, 1.807) is 4.90 Å². The lowest BCUT2D eigenvalue weighted by Gasteiger charge is -2.41. The fourth-order valence-electron chi connectivity index (χ4n) is 4.08. The minimum Gasteiger partial charge on any atom is -0.390 e. The van der Waals surface area contributed by atoms with Gasteiger partial charge in [0, 0.05) is 19.1 Å². The number of hydrogen-bond donors (Lipinski definition) is 3. The molecule has 6 heteroatoms. The van der Waals surface area contributed by atoms with E-state index in [2.05, 4.69) is 11.9 Å². The fourth-order valence-corrected chi connectivity index (χ4v) is 4.08. The molecule has 26 heavy (non-hydrogen) atoms. The molecule has 2 fully saturated rings. The Bertz CT molecular complexity index is 658. The molecular formula is C20H26N2O4. The van der Waals surface area contributed by atoms with Crippen molar-refractivity contribution in [1.82, 2.24) is 10.2 Å². The lowest BCUT2D eigenvalue weighted by molar-refractivity contribution is -0.134. The number of nitrogens with one attached hydrogen (secondary N) is 1. The summed E-state index contributed by atoms with van der Waals surface area (Å²) in [6.45, 7) is 4.51. The predicted octanol–water partition coefficient (Wildman–Crippen LogP) is 0.733. The van der Waals surface area contributed by atoms with E-state index in [-0.39, 0.29) is 17.9 Å². The molecule has 1 saturated carbocycles. The van der Waals surface area contributed by atoms with Crippen LogP contribution in [0.5, 0.6) is 0 Å². The largest absolute Gasteiger partial charge is 0.390 e. The van der Waals surface area contributed by atoms with Gasteiger partial charge in [-0.05, 0) is 37.3 Å². The average molecular weight is 358 g/mol. The lowest BCUT2D eigenvalue weighted by Crippen LogP contribution is -2.54. The van der Waals surface area contributed by atoms with Gasteiger partial charge in [0.1, 0.15) is 0 Å². The smallest absolute Gasteiger partial charge is 0.245 e. The predicted molar refractivity (Wildman–Crippen MR) is 97.3 cm³/mol. The first-order chi connectivity index (χ1) is 12.5. The summed E-state index contributed by atoms with van der Waals surface area (Å²) in [7, 11) is 0. The van der Waals surface area contributed by atoms with E-state index < -0.39 is 17.6 Å². The van der Waals surface area contributed by atoms with Crippen molar-refractivity contribution >= 4 is 11.8 Å². The number of aliphatic hydroxyl groups excluding tert-OH is 2. The third-order valence-electron chi connectivity index (χ3n) is 5.70. The van der Waals surface area contributed by atoms with Crippen molar-refractivity contribution in [2.24, 2.45) is 0 Å². The highest BCUT2D eigenvalue weighted by Crippen LogP contribution is 2.36. The molecule has 0 aromatic heterocycles. The summed E-state index contributed by atoms with van der Waals surface area (Å²) in [5.41, 5.74) is 0.222. The second-order valence-electron chi connectivity index (χ2n) is 7.25. The Labute approximate surface area is 153 Å². The van der Waals surface area contributed by atoms with Crippen LogP contribution in [0.1, 0.15) is 31.2 Å². The summed E-state index contributed by atoms with van der Waals surface area (Å²) in [5, 5.41) is 22.5. The Balaban J connectivity index is 1.80. The molecule has 3 N–H and O–H groups in total. The minimum atomic E-state index is -0.792. The summed E-state index contributed by atoms with van der Waals surface area (Å²) >= 11 is 0. The van der Waals surface area contributed by atoms with Crippen LogP contribution in [0, 0.1) is 0 Å². The van der Waals surface area contributed by atoms with Gasteiger partial charge in [0.05, 0.1) is 17.6 Å². The molecule has 2 amide bonds. The highest BCUT2D eigenvalue weighted by Gasteiger charge is 2.45. The van der Waals surface area contributed by atoms with Crippen LogP contribution in [0.3, 0.4) is 0 Å². The van der Waals surface area contributed by atoms with Crippen LogP contribution in [0.15, 0.2) is 43.0 Å². The van der Waals surface area contributed by atoms with Crippen molar-refractivity contribution in [3.63, 3.8) is 0 Å². The van der Waals surface area contributed by atoms with E-state index >= 15 is 0 Å². The van der Waals surface area contributed by atoms with Gasteiger partial charge < -0.3 is 20.4 Å². The molecule has 3 atom stereocenters. The van der Waals surface area contributed by atoms with E-state index in [0.29, 0.717) is 38.8 Å². The average Bonchev–Trinajstić information content (AvgIpc) is 2.98. The third kappa shape index (κ3) is 3.52. The zero-order valence-electron chi connectivity index (χ0n) is 14.8. The molecular weight excluding hydrogens is 332 g/mol. The van der Waals surface area contributed by atoms with Gasteiger partial charge >= 0.3 is 0 Å². The van der Waals surface area contributed by atoms with Gasteiger partial charge in [0.2, 0.25) is 11.8 Å². The number of benzene rings is 1. The summed E-state index contributed by atoms with van der Waals surface area (Å²) in [5.74, 6) is -0.213.